The third-order valence-electron chi connectivity index (χ3n) is 6.14. The van der Waals surface area contributed by atoms with Crippen LogP contribution in [0.15, 0.2) is 67.0 Å². The Hall–Kier alpha value is -3.02. The number of piperazine rings is 1. The molecule has 2 aromatic carbocycles. The average molecular weight is 463 g/mol. The lowest BCUT2D eigenvalue weighted by atomic mass is 10.0. The second-order valence-electron chi connectivity index (χ2n) is 8.85. The Kier molecular flexibility index (Phi) is 6.91. The number of ether oxygens (including phenoxy) is 1. The van der Waals surface area contributed by atoms with Crippen LogP contribution in [0.1, 0.15) is 13.8 Å². The van der Waals surface area contributed by atoms with Crippen LogP contribution in [0.5, 0.6) is 5.75 Å². The van der Waals surface area contributed by atoms with Gasteiger partial charge in [-0.3, -0.25) is 0 Å². The molecule has 0 amide bonds. The van der Waals surface area contributed by atoms with Gasteiger partial charge in [0.15, 0.2) is 0 Å². The number of rotatable bonds is 5. The summed E-state index contributed by atoms with van der Waals surface area (Å²) in [4.78, 5) is 12.8. The molecule has 0 spiro atoms. The van der Waals surface area contributed by atoms with Gasteiger partial charge in [-0.1, -0.05) is 24.3 Å². The second kappa shape index (κ2) is 9.86. The third kappa shape index (κ3) is 5.00. The van der Waals surface area contributed by atoms with E-state index in [1.165, 1.54) is 11.3 Å². The molecule has 172 valence electrons. The predicted molar refractivity (Wildman–Crippen MR) is 140 cm³/mol. The van der Waals surface area contributed by atoms with Crippen LogP contribution in [0, 0.1) is 0 Å². The summed E-state index contributed by atoms with van der Waals surface area (Å²) in [6.45, 7) is 8.47. The highest BCUT2D eigenvalue weighted by Crippen LogP contribution is 2.32. The van der Waals surface area contributed by atoms with E-state index in [-0.39, 0.29) is 18.5 Å². The number of nitrogens with zero attached hydrogens (tertiary/aromatic N) is 3. The lowest BCUT2D eigenvalue weighted by Gasteiger charge is -2.34. The summed E-state index contributed by atoms with van der Waals surface area (Å²) in [7, 11) is 2.19. The van der Waals surface area contributed by atoms with Gasteiger partial charge in [-0.15, -0.1) is 12.4 Å². The molecular formula is C27H31ClN4O. The molecule has 5 nitrogen and oxygen atoms in total. The third-order valence-corrected chi connectivity index (χ3v) is 6.14. The Labute approximate surface area is 201 Å². The van der Waals surface area contributed by atoms with E-state index >= 15 is 0 Å². The van der Waals surface area contributed by atoms with Gasteiger partial charge in [0.2, 0.25) is 0 Å². The first-order valence-corrected chi connectivity index (χ1v) is 11.3. The molecule has 5 rings (SSSR count). The lowest BCUT2D eigenvalue weighted by molar-refractivity contribution is 0.242. The van der Waals surface area contributed by atoms with E-state index < -0.39 is 0 Å². The van der Waals surface area contributed by atoms with Gasteiger partial charge in [0.1, 0.15) is 11.4 Å². The molecule has 1 aliphatic heterocycles. The van der Waals surface area contributed by atoms with Crippen molar-refractivity contribution in [2.45, 2.75) is 20.0 Å². The molecule has 0 bridgehead atoms. The Bertz CT molecular complexity index is 1190. The predicted octanol–water partition coefficient (Wildman–Crippen LogP) is 5.86. The molecule has 33 heavy (non-hydrogen) atoms. The van der Waals surface area contributed by atoms with Crippen LogP contribution in [0.4, 0.5) is 5.69 Å². The minimum atomic E-state index is 0. The SMILES string of the molecule is CC(C)Oc1ccc(-c2c[nH]c3ncc(-c4ccc(N5CCN(C)CC5)cc4)cc23)cc1.Cl. The van der Waals surface area contributed by atoms with Crippen LogP contribution in [0.2, 0.25) is 0 Å². The van der Waals surface area contributed by atoms with Crippen LogP contribution < -0.4 is 9.64 Å². The van der Waals surface area contributed by atoms with E-state index in [0.29, 0.717) is 0 Å². The maximum absolute atomic E-state index is 5.78. The van der Waals surface area contributed by atoms with E-state index in [1.807, 2.05) is 38.4 Å². The second-order valence-corrected chi connectivity index (χ2v) is 8.85. The first-order valence-electron chi connectivity index (χ1n) is 11.3. The quantitative estimate of drug-likeness (QED) is 0.403. The van der Waals surface area contributed by atoms with Crippen molar-refractivity contribution in [3.05, 3.63) is 67.0 Å². The number of halogens is 1. The highest BCUT2D eigenvalue weighted by molar-refractivity contribution is 5.95. The number of likely N-dealkylation sites (N-methyl/N-ethyl adjacent to an activating group) is 1. The molecule has 1 N–H and O–H groups in total. The van der Waals surface area contributed by atoms with Gasteiger partial charge in [0.25, 0.3) is 0 Å². The average Bonchev–Trinajstić information content (AvgIpc) is 3.23. The fourth-order valence-electron chi connectivity index (χ4n) is 4.31. The summed E-state index contributed by atoms with van der Waals surface area (Å²) in [6.07, 6.45) is 4.16. The van der Waals surface area contributed by atoms with Crippen molar-refractivity contribution in [2.75, 3.05) is 38.1 Å². The van der Waals surface area contributed by atoms with Crippen LogP contribution >= 0.6 is 12.4 Å². The van der Waals surface area contributed by atoms with Crippen molar-refractivity contribution in [3.63, 3.8) is 0 Å². The minimum Gasteiger partial charge on any atom is -0.491 e. The zero-order valence-electron chi connectivity index (χ0n) is 19.4. The zero-order valence-corrected chi connectivity index (χ0v) is 20.2. The van der Waals surface area contributed by atoms with E-state index in [2.05, 4.69) is 69.3 Å². The number of aromatic amines is 1. The van der Waals surface area contributed by atoms with Gasteiger partial charge in [0, 0.05) is 60.8 Å². The Balaban J connectivity index is 0.00000259. The molecule has 4 aromatic rings. The highest BCUT2D eigenvalue weighted by Gasteiger charge is 2.14. The molecule has 3 heterocycles. The lowest BCUT2D eigenvalue weighted by Crippen LogP contribution is -2.44. The summed E-state index contributed by atoms with van der Waals surface area (Å²) in [5, 5.41) is 1.13. The number of hydrogen-bond donors (Lipinski definition) is 1. The van der Waals surface area contributed by atoms with Crippen molar-refractivity contribution in [3.8, 4) is 28.0 Å². The molecule has 0 aliphatic carbocycles. The topological polar surface area (TPSA) is 44.4 Å². The molecule has 0 unspecified atom stereocenters. The number of benzene rings is 2. The van der Waals surface area contributed by atoms with Crippen LogP contribution in [0.25, 0.3) is 33.3 Å². The number of H-pyrrole nitrogens is 1. The van der Waals surface area contributed by atoms with Gasteiger partial charge < -0.3 is 19.5 Å². The molecule has 1 fully saturated rings. The van der Waals surface area contributed by atoms with Crippen molar-refractivity contribution < 1.29 is 4.74 Å². The molecule has 0 radical (unpaired) electrons. The monoisotopic (exact) mass is 462 g/mol. The zero-order chi connectivity index (χ0) is 22.1. The fourth-order valence-corrected chi connectivity index (χ4v) is 4.31. The summed E-state index contributed by atoms with van der Waals surface area (Å²) in [5.41, 5.74) is 6.81. The van der Waals surface area contributed by atoms with Gasteiger partial charge in [-0.25, -0.2) is 4.98 Å². The van der Waals surface area contributed by atoms with Gasteiger partial charge in [-0.05, 0) is 62.4 Å². The van der Waals surface area contributed by atoms with Crippen molar-refractivity contribution in [1.29, 1.82) is 0 Å². The van der Waals surface area contributed by atoms with Crippen LogP contribution in [-0.4, -0.2) is 54.2 Å². The maximum Gasteiger partial charge on any atom is 0.137 e. The molecule has 2 aromatic heterocycles. The number of fused-ring (bicyclic) bond motifs is 1. The van der Waals surface area contributed by atoms with E-state index in [1.54, 1.807) is 0 Å². The highest BCUT2D eigenvalue weighted by atomic mass is 35.5. The van der Waals surface area contributed by atoms with E-state index in [4.69, 9.17) is 4.74 Å². The standard InChI is InChI=1S/C27H30N4O.ClH/c1-19(2)32-24-10-6-21(7-11-24)26-18-29-27-25(26)16-22(17-28-27)20-4-8-23(9-5-20)31-14-12-30(3)13-15-31;/h4-11,16-19H,12-15H2,1-3H3,(H,28,29);1H. The molecule has 0 atom stereocenters. The number of pyridine rings is 1. The summed E-state index contributed by atoms with van der Waals surface area (Å²) < 4.78 is 5.78. The minimum absolute atomic E-state index is 0. The molecular weight excluding hydrogens is 432 g/mol. The first-order chi connectivity index (χ1) is 15.6. The largest absolute Gasteiger partial charge is 0.491 e. The van der Waals surface area contributed by atoms with Gasteiger partial charge >= 0.3 is 0 Å². The summed E-state index contributed by atoms with van der Waals surface area (Å²) in [6, 6.07) is 19.4. The fraction of sp³-hybridized carbons (Fsp3) is 0.296. The van der Waals surface area contributed by atoms with E-state index in [0.717, 1.165) is 59.7 Å². The Morgan fingerprint density at radius 1 is 0.879 bits per heavy atom. The van der Waals surface area contributed by atoms with Crippen molar-refractivity contribution in [1.82, 2.24) is 14.9 Å². The number of hydrogen-bond acceptors (Lipinski definition) is 4. The smallest absolute Gasteiger partial charge is 0.137 e. The van der Waals surface area contributed by atoms with Gasteiger partial charge in [-0.2, -0.15) is 0 Å². The molecule has 6 heteroatoms. The molecule has 1 saturated heterocycles. The van der Waals surface area contributed by atoms with Gasteiger partial charge in [0.05, 0.1) is 6.10 Å². The number of aromatic nitrogens is 2. The summed E-state index contributed by atoms with van der Waals surface area (Å²) in [5.74, 6) is 0.892. The van der Waals surface area contributed by atoms with Crippen LogP contribution in [-0.2, 0) is 0 Å². The summed E-state index contributed by atoms with van der Waals surface area (Å²) >= 11 is 0. The Morgan fingerprint density at radius 2 is 1.55 bits per heavy atom. The normalized spacial score (nSPS) is 14.5. The van der Waals surface area contributed by atoms with Crippen LogP contribution in [0.3, 0.4) is 0 Å². The molecule has 1 aliphatic rings. The molecule has 0 saturated carbocycles. The van der Waals surface area contributed by atoms with E-state index in [9.17, 15) is 0 Å². The first kappa shape index (κ1) is 23.1. The maximum atomic E-state index is 5.78. The Morgan fingerprint density at radius 3 is 2.21 bits per heavy atom. The number of anilines is 1. The van der Waals surface area contributed by atoms with Crippen molar-refractivity contribution >= 4 is 29.1 Å². The number of nitrogens with one attached hydrogen (secondary N) is 1. The van der Waals surface area contributed by atoms with Crippen molar-refractivity contribution in [2.24, 2.45) is 0 Å².